The van der Waals surface area contributed by atoms with Crippen LogP contribution in [-0.2, 0) is 0 Å². The second-order valence-electron chi connectivity index (χ2n) is 3.75. The first-order valence-electron chi connectivity index (χ1n) is 5.40. The first kappa shape index (κ1) is 11.1. The van der Waals surface area contributed by atoms with Gasteiger partial charge in [-0.05, 0) is 28.1 Å². The van der Waals surface area contributed by atoms with Gasteiger partial charge in [-0.2, -0.15) is 0 Å². The van der Waals surface area contributed by atoms with Crippen molar-refractivity contribution in [3.05, 3.63) is 53.7 Å². The molecule has 5 heteroatoms. The molecular formula is C13H9BrN4. The van der Waals surface area contributed by atoms with E-state index in [0.29, 0.717) is 0 Å². The van der Waals surface area contributed by atoms with Gasteiger partial charge in [0.25, 0.3) is 0 Å². The van der Waals surface area contributed by atoms with Gasteiger partial charge >= 0.3 is 0 Å². The van der Waals surface area contributed by atoms with Gasteiger partial charge < -0.3 is 5.32 Å². The third-order valence-corrected chi connectivity index (χ3v) is 3.01. The van der Waals surface area contributed by atoms with Crippen LogP contribution in [0.3, 0.4) is 0 Å². The summed E-state index contributed by atoms with van der Waals surface area (Å²) in [4.78, 5) is 12.3. The minimum absolute atomic E-state index is 0.751. The summed E-state index contributed by atoms with van der Waals surface area (Å²) in [5.41, 5.74) is 1.00. The van der Waals surface area contributed by atoms with E-state index < -0.39 is 0 Å². The number of benzene rings is 1. The Hall–Kier alpha value is -2.01. The molecule has 0 saturated carbocycles. The number of halogens is 1. The Labute approximate surface area is 112 Å². The van der Waals surface area contributed by atoms with E-state index in [9.17, 15) is 0 Å². The van der Waals surface area contributed by atoms with Crippen LogP contribution in [0.2, 0.25) is 0 Å². The average molecular weight is 301 g/mol. The molecule has 0 bridgehead atoms. The maximum Gasteiger partial charge on any atom is 0.134 e. The second-order valence-corrected chi connectivity index (χ2v) is 4.57. The Balaban J connectivity index is 2.05. The van der Waals surface area contributed by atoms with Crippen molar-refractivity contribution in [2.24, 2.45) is 0 Å². The van der Waals surface area contributed by atoms with Gasteiger partial charge in [-0.15, -0.1) is 0 Å². The summed E-state index contributed by atoms with van der Waals surface area (Å²) in [7, 11) is 0. The van der Waals surface area contributed by atoms with Crippen molar-refractivity contribution in [1.82, 2.24) is 15.0 Å². The average Bonchev–Trinajstić information content (AvgIpc) is 2.39. The molecule has 0 spiro atoms. The van der Waals surface area contributed by atoms with Crippen LogP contribution in [-0.4, -0.2) is 15.0 Å². The van der Waals surface area contributed by atoms with Crippen molar-refractivity contribution in [3.63, 3.8) is 0 Å². The normalized spacial score (nSPS) is 10.5. The molecule has 0 aliphatic carbocycles. The molecule has 3 rings (SSSR count). The molecule has 0 unspecified atom stereocenters. The molecular weight excluding hydrogens is 292 g/mol. The maximum atomic E-state index is 4.17. The van der Waals surface area contributed by atoms with E-state index in [-0.39, 0.29) is 0 Å². The van der Waals surface area contributed by atoms with E-state index in [1.54, 1.807) is 6.20 Å². The lowest BCUT2D eigenvalue weighted by Crippen LogP contribution is -1.95. The molecule has 88 valence electrons. The zero-order valence-corrected chi connectivity index (χ0v) is 10.9. The molecule has 0 radical (unpaired) electrons. The first-order valence-corrected chi connectivity index (χ1v) is 6.19. The van der Waals surface area contributed by atoms with Gasteiger partial charge in [-0.1, -0.05) is 12.1 Å². The molecule has 18 heavy (non-hydrogen) atoms. The van der Waals surface area contributed by atoms with Gasteiger partial charge in [0.2, 0.25) is 0 Å². The first-order chi connectivity index (χ1) is 8.83. The topological polar surface area (TPSA) is 50.7 Å². The van der Waals surface area contributed by atoms with Crippen LogP contribution in [0.5, 0.6) is 0 Å². The molecule has 0 fully saturated rings. The van der Waals surface area contributed by atoms with Crippen molar-refractivity contribution >= 4 is 38.2 Å². The fourth-order valence-corrected chi connectivity index (χ4v) is 2.08. The van der Waals surface area contributed by atoms with Crippen LogP contribution in [0, 0.1) is 0 Å². The van der Waals surface area contributed by atoms with Crippen LogP contribution in [0.25, 0.3) is 10.8 Å². The molecule has 0 aliphatic rings. The fourth-order valence-electron chi connectivity index (χ4n) is 1.77. The number of fused-ring (bicyclic) bond motifs is 1. The lowest BCUT2D eigenvalue weighted by molar-refractivity contribution is 1.14. The molecule has 0 amide bonds. The fraction of sp³-hybridized carbons (Fsp3) is 0. The summed E-state index contributed by atoms with van der Waals surface area (Å²) < 4.78 is 0.752. The van der Waals surface area contributed by atoms with Crippen molar-refractivity contribution in [1.29, 1.82) is 0 Å². The van der Waals surface area contributed by atoms with Crippen LogP contribution in [0.15, 0.2) is 53.7 Å². The van der Waals surface area contributed by atoms with Crippen molar-refractivity contribution in [2.45, 2.75) is 0 Å². The number of pyridine rings is 1. The van der Waals surface area contributed by atoms with Gasteiger partial charge in [0, 0.05) is 34.9 Å². The predicted octanol–water partition coefficient (Wildman–Crippen LogP) is 3.53. The van der Waals surface area contributed by atoms with Crippen molar-refractivity contribution < 1.29 is 0 Å². The van der Waals surface area contributed by atoms with Gasteiger partial charge in [-0.25, -0.2) is 9.97 Å². The largest absolute Gasteiger partial charge is 0.340 e. The monoisotopic (exact) mass is 300 g/mol. The Morgan fingerprint density at radius 1 is 1.11 bits per heavy atom. The minimum Gasteiger partial charge on any atom is -0.340 e. The summed E-state index contributed by atoms with van der Waals surface area (Å²) in [6.45, 7) is 0. The van der Waals surface area contributed by atoms with E-state index in [2.05, 4.69) is 36.2 Å². The van der Waals surface area contributed by atoms with Gasteiger partial charge in [0.05, 0.1) is 0 Å². The SMILES string of the molecule is Brc1cc(Nc2cccc3cnccc23)ncn1. The molecule has 2 aromatic heterocycles. The van der Waals surface area contributed by atoms with Gasteiger partial charge in [0.15, 0.2) is 0 Å². The number of hydrogen-bond acceptors (Lipinski definition) is 4. The van der Waals surface area contributed by atoms with Gasteiger partial charge in [0.1, 0.15) is 16.7 Å². The van der Waals surface area contributed by atoms with Crippen LogP contribution >= 0.6 is 15.9 Å². The highest BCUT2D eigenvalue weighted by Gasteiger charge is 2.02. The summed E-state index contributed by atoms with van der Waals surface area (Å²) in [5, 5.41) is 5.49. The Bertz CT molecular complexity index is 694. The molecule has 3 aromatic rings. The summed E-state index contributed by atoms with van der Waals surface area (Å²) in [6.07, 6.45) is 5.14. The van der Waals surface area contributed by atoms with E-state index in [0.717, 1.165) is 26.9 Å². The highest BCUT2D eigenvalue weighted by atomic mass is 79.9. The van der Waals surface area contributed by atoms with E-state index in [1.165, 1.54) is 6.33 Å². The molecule has 0 saturated heterocycles. The highest BCUT2D eigenvalue weighted by Crippen LogP contribution is 2.25. The number of hydrogen-bond donors (Lipinski definition) is 1. The molecule has 2 heterocycles. The van der Waals surface area contributed by atoms with Gasteiger partial charge in [-0.3, -0.25) is 4.98 Å². The standard InChI is InChI=1S/C13H9BrN4/c14-12-6-13(17-8-16-12)18-11-3-1-2-9-7-15-5-4-10(9)11/h1-8H,(H,16,17,18). The van der Waals surface area contributed by atoms with Crippen LogP contribution in [0.1, 0.15) is 0 Å². The molecule has 0 aliphatic heterocycles. The number of aromatic nitrogens is 3. The zero-order valence-electron chi connectivity index (χ0n) is 9.34. The number of nitrogens with zero attached hydrogens (tertiary/aromatic N) is 3. The molecule has 1 aromatic carbocycles. The Morgan fingerprint density at radius 2 is 2.06 bits per heavy atom. The predicted molar refractivity (Wildman–Crippen MR) is 74.8 cm³/mol. The number of anilines is 2. The van der Waals surface area contributed by atoms with E-state index >= 15 is 0 Å². The lowest BCUT2D eigenvalue weighted by atomic mass is 10.1. The third kappa shape index (κ3) is 2.17. The maximum absolute atomic E-state index is 4.17. The summed E-state index contributed by atoms with van der Waals surface area (Å²) >= 11 is 3.32. The molecule has 1 N–H and O–H groups in total. The molecule has 0 atom stereocenters. The number of nitrogens with one attached hydrogen (secondary N) is 1. The summed E-state index contributed by atoms with van der Waals surface area (Å²) in [5.74, 6) is 0.751. The second kappa shape index (κ2) is 4.70. The lowest BCUT2D eigenvalue weighted by Gasteiger charge is -2.08. The van der Waals surface area contributed by atoms with E-state index in [4.69, 9.17) is 0 Å². The number of rotatable bonds is 2. The minimum atomic E-state index is 0.751. The molecule has 4 nitrogen and oxygen atoms in total. The highest BCUT2D eigenvalue weighted by molar-refractivity contribution is 9.10. The van der Waals surface area contributed by atoms with Crippen LogP contribution < -0.4 is 5.32 Å². The quantitative estimate of drug-likeness (QED) is 0.736. The zero-order chi connectivity index (χ0) is 12.4. The Kier molecular flexibility index (Phi) is 2.90. The van der Waals surface area contributed by atoms with Crippen molar-refractivity contribution in [3.8, 4) is 0 Å². The summed E-state index contributed by atoms with van der Waals surface area (Å²) in [6, 6.07) is 9.85. The third-order valence-electron chi connectivity index (χ3n) is 2.58. The smallest absolute Gasteiger partial charge is 0.134 e. The van der Waals surface area contributed by atoms with Crippen molar-refractivity contribution in [2.75, 3.05) is 5.32 Å². The Morgan fingerprint density at radius 3 is 2.94 bits per heavy atom. The van der Waals surface area contributed by atoms with Crippen LogP contribution in [0.4, 0.5) is 11.5 Å². The van der Waals surface area contributed by atoms with E-state index in [1.807, 2.05) is 36.5 Å².